The van der Waals surface area contributed by atoms with E-state index in [2.05, 4.69) is 6.92 Å². The zero-order valence-electron chi connectivity index (χ0n) is 13.5. The van der Waals surface area contributed by atoms with Crippen molar-refractivity contribution >= 4 is 17.3 Å². The van der Waals surface area contributed by atoms with E-state index in [1.54, 1.807) is 0 Å². The number of nitrogens with two attached hydrogens (primary N) is 1. The van der Waals surface area contributed by atoms with Crippen LogP contribution in [0.5, 0.6) is 0 Å². The molecule has 0 spiro atoms. The van der Waals surface area contributed by atoms with Gasteiger partial charge in [0.1, 0.15) is 18.1 Å². The first-order valence-corrected chi connectivity index (χ1v) is 7.92. The van der Waals surface area contributed by atoms with Crippen LogP contribution in [0.3, 0.4) is 0 Å². The van der Waals surface area contributed by atoms with Gasteiger partial charge in [-0.15, -0.1) is 0 Å². The molecule has 7 nitrogen and oxygen atoms in total. The van der Waals surface area contributed by atoms with Crippen molar-refractivity contribution in [2.24, 2.45) is 5.92 Å². The number of hydrogen-bond donors (Lipinski definition) is 1. The number of nitrogen functional groups attached to an aromatic ring is 1. The fourth-order valence-corrected chi connectivity index (χ4v) is 2.87. The summed E-state index contributed by atoms with van der Waals surface area (Å²) in [5.41, 5.74) is 4.13. The second-order valence-corrected chi connectivity index (χ2v) is 5.95. The molecule has 2 atom stereocenters. The van der Waals surface area contributed by atoms with Gasteiger partial charge in [-0.1, -0.05) is 19.8 Å². The molecule has 1 aliphatic rings. The third-order valence-electron chi connectivity index (χ3n) is 4.22. The zero-order valence-corrected chi connectivity index (χ0v) is 13.5. The highest BCUT2D eigenvalue weighted by Crippen LogP contribution is 2.28. The normalized spacial score (nSPS) is 20.6. The lowest BCUT2D eigenvalue weighted by Gasteiger charge is -2.28. The van der Waals surface area contributed by atoms with Crippen LogP contribution in [0, 0.1) is 21.8 Å². The van der Waals surface area contributed by atoms with Crippen LogP contribution >= 0.6 is 0 Å². The van der Waals surface area contributed by atoms with Crippen LogP contribution in [0.25, 0.3) is 0 Å². The standard InChI is InChI=1S/C16H21FN2O5/c1-10-4-2-3-5-14(10)23-6-7-24-16(20)12-8-11(17)9-13(15(12)18)19(21)22/h8-10,14H,2-7,18H2,1H3/t10-,14+/m0/s1. The number of anilines is 1. The minimum absolute atomic E-state index is 0.0220. The number of carbonyl (C=O) groups is 1. The van der Waals surface area contributed by atoms with E-state index >= 15 is 0 Å². The van der Waals surface area contributed by atoms with E-state index in [1.165, 1.54) is 6.42 Å². The molecule has 1 aliphatic carbocycles. The Labute approximate surface area is 139 Å². The Morgan fingerprint density at radius 1 is 1.38 bits per heavy atom. The smallest absolute Gasteiger partial charge is 0.340 e. The SMILES string of the molecule is C[C@H]1CCCC[C@H]1OCCOC(=O)c1cc(F)cc([N+](=O)[O-])c1N. The van der Waals surface area contributed by atoms with Crippen molar-refractivity contribution in [3.63, 3.8) is 0 Å². The average molecular weight is 340 g/mol. The van der Waals surface area contributed by atoms with E-state index in [0.29, 0.717) is 12.0 Å². The molecule has 0 aliphatic heterocycles. The lowest BCUT2D eigenvalue weighted by molar-refractivity contribution is -0.384. The Balaban J connectivity index is 1.90. The zero-order chi connectivity index (χ0) is 17.7. The van der Waals surface area contributed by atoms with E-state index < -0.39 is 28.1 Å². The van der Waals surface area contributed by atoms with Crippen molar-refractivity contribution in [2.45, 2.75) is 38.7 Å². The largest absolute Gasteiger partial charge is 0.460 e. The van der Waals surface area contributed by atoms with Gasteiger partial charge in [-0.05, 0) is 24.8 Å². The molecule has 0 amide bonds. The van der Waals surface area contributed by atoms with Crippen LogP contribution in [-0.2, 0) is 9.47 Å². The topological polar surface area (TPSA) is 105 Å². The molecule has 8 heteroatoms. The van der Waals surface area contributed by atoms with Gasteiger partial charge in [0, 0.05) is 0 Å². The van der Waals surface area contributed by atoms with Gasteiger partial charge >= 0.3 is 5.97 Å². The first kappa shape index (κ1) is 18.1. The number of halogens is 1. The summed E-state index contributed by atoms with van der Waals surface area (Å²) in [6.07, 6.45) is 4.58. The lowest BCUT2D eigenvalue weighted by Crippen LogP contribution is -2.27. The molecule has 0 heterocycles. The second-order valence-electron chi connectivity index (χ2n) is 5.95. The Bertz CT molecular complexity index is 623. The maximum Gasteiger partial charge on any atom is 0.340 e. The molecule has 0 radical (unpaired) electrons. The average Bonchev–Trinajstić information content (AvgIpc) is 2.54. The number of rotatable bonds is 6. The second kappa shape index (κ2) is 8.05. The van der Waals surface area contributed by atoms with Crippen LogP contribution in [0.4, 0.5) is 15.8 Å². The highest BCUT2D eigenvalue weighted by molar-refractivity contribution is 5.97. The summed E-state index contributed by atoms with van der Waals surface area (Å²) in [6, 6.07) is 1.49. The number of esters is 1. The van der Waals surface area contributed by atoms with Crippen molar-refractivity contribution in [1.82, 2.24) is 0 Å². The molecule has 0 unspecified atom stereocenters. The Hall–Kier alpha value is -2.22. The molecule has 1 fully saturated rings. The summed E-state index contributed by atoms with van der Waals surface area (Å²) in [6.45, 7) is 2.33. The first-order chi connectivity index (χ1) is 11.4. The summed E-state index contributed by atoms with van der Waals surface area (Å²) < 4.78 is 24.1. The minimum atomic E-state index is -0.921. The van der Waals surface area contributed by atoms with Gasteiger partial charge in [0.15, 0.2) is 0 Å². The number of hydrogen-bond acceptors (Lipinski definition) is 6. The predicted molar refractivity (Wildman–Crippen MR) is 85.1 cm³/mol. The van der Waals surface area contributed by atoms with Crippen molar-refractivity contribution in [1.29, 1.82) is 0 Å². The molecular weight excluding hydrogens is 319 g/mol. The predicted octanol–water partition coefficient (Wildman–Crippen LogP) is 3.07. The summed E-state index contributed by atoms with van der Waals surface area (Å²) in [7, 11) is 0. The fraction of sp³-hybridized carbons (Fsp3) is 0.562. The number of nitro groups is 1. The molecule has 132 valence electrons. The highest BCUT2D eigenvalue weighted by atomic mass is 19.1. The van der Waals surface area contributed by atoms with Gasteiger partial charge in [0.25, 0.3) is 5.69 Å². The summed E-state index contributed by atoms with van der Waals surface area (Å²) in [5, 5.41) is 10.8. The number of nitro benzene ring substituents is 1. The molecule has 1 saturated carbocycles. The van der Waals surface area contributed by atoms with E-state index in [1.807, 2.05) is 0 Å². The quantitative estimate of drug-likeness (QED) is 0.280. The number of carbonyl (C=O) groups excluding carboxylic acids is 1. The van der Waals surface area contributed by atoms with Gasteiger partial charge in [-0.25, -0.2) is 9.18 Å². The fourth-order valence-electron chi connectivity index (χ4n) is 2.87. The van der Waals surface area contributed by atoms with Gasteiger partial charge in [0.05, 0.1) is 29.3 Å². The van der Waals surface area contributed by atoms with Crippen molar-refractivity contribution < 1.29 is 23.6 Å². The van der Waals surface area contributed by atoms with Crippen LogP contribution in [0.15, 0.2) is 12.1 Å². The maximum atomic E-state index is 13.4. The Kier molecular flexibility index (Phi) is 6.08. The van der Waals surface area contributed by atoms with E-state index in [4.69, 9.17) is 15.2 Å². The Morgan fingerprint density at radius 3 is 2.75 bits per heavy atom. The van der Waals surface area contributed by atoms with Crippen molar-refractivity contribution in [3.8, 4) is 0 Å². The molecular formula is C16H21FN2O5. The molecule has 0 bridgehead atoms. The molecule has 1 aromatic rings. The third-order valence-corrected chi connectivity index (χ3v) is 4.22. The third kappa shape index (κ3) is 4.41. The summed E-state index contributed by atoms with van der Waals surface area (Å²) in [4.78, 5) is 21.9. The van der Waals surface area contributed by atoms with Crippen LogP contribution in [0.1, 0.15) is 43.0 Å². The van der Waals surface area contributed by atoms with Crippen LogP contribution in [-0.4, -0.2) is 30.2 Å². The number of nitrogens with zero attached hydrogens (tertiary/aromatic N) is 1. The van der Waals surface area contributed by atoms with E-state index in [9.17, 15) is 19.3 Å². The van der Waals surface area contributed by atoms with Gasteiger partial charge < -0.3 is 15.2 Å². The van der Waals surface area contributed by atoms with Gasteiger partial charge in [-0.3, -0.25) is 10.1 Å². The molecule has 24 heavy (non-hydrogen) atoms. The minimum Gasteiger partial charge on any atom is -0.460 e. The molecule has 0 saturated heterocycles. The highest BCUT2D eigenvalue weighted by Gasteiger charge is 2.24. The van der Waals surface area contributed by atoms with Crippen molar-refractivity contribution in [2.75, 3.05) is 18.9 Å². The summed E-state index contributed by atoms with van der Waals surface area (Å²) in [5.74, 6) is -1.36. The molecule has 2 rings (SSSR count). The maximum absolute atomic E-state index is 13.4. The monoisotopic (exact) mass is 340 g/mol. The van der Waals surface area contributed by atoms with Crippen LogP contribution < -0.4 is 5.73 Å². The summed E-state index contributed by atoms with van der Waals surface area (Å²) >= 11 is 0. The van der Waals surface area contributed by atoms with Gasteiger partial charge in [-0.2, -0.15) is 0 Å². The molecule has 2 N–H and O–H groups in total. The van der Waals surface area contributed by atoms with Crippen molar-refractivity contribution in [3.05, 3.63) is 33.6 Å². The number of benzene rings is 1. The molecule has 0 aromatic heterocycles. The van der Waals surface area contributed by atoms with Gasteiger partial charge in [0.2, 0.25) is 0 Å². The van der Waals surface area contributed by atoms with E-state index in [0.717, 1.165) is 25.3 Å². The molecule has 1 aromatic carbocycles. The lowest BCUT2D eigenvalue weighted by atomic mass is 9.88. The number of ether oxygens (including phenoxy) is 2. The van der Waals surface area contributed by atoms with Crippen LogP contribution in [0.2, 0.25) is 0 Å². The Morgan fingerprint density at radius 2 is 2.08 bits per heavy atom. The van der Waals surface area contributed by atoms with E-state index in [-0.39, 0.29) is 24.9 Å². The first-order valence-electron chi connectivity index (χ1n) is 7.92.